The van der Waals surface area contributed by atoms with Gasteiger partial charge in [-0.15, -0.1) is 0 Å². The molecule has 1 heterocycles. The molecule has 1 aromatic heterocycles. The lowest BCUT2D eigenvalue weighted by Crippen LogP contribution is -1.99. The second kappa shape index (κ2) is 5.40. The first-order valence-electron chi connectivity index (χ1n) is 6.91. The number of aryl methyl sites for hydroxylation is 1. The lowest BCUT2D eigenvalue weighted by Gasteiger charge is -2.07. The van der Waals surface area contributed by atoms with Crippen molar-refractivity contribution in [2.24, 2.45) is 0 Å². The monoisotopic (exact) mass is 279 g/mol. The zero-order valence-corrected chi connectivity index (χ0v) is 12.1. The molecule has 0 atom stereocenters. The summed E-state index contributed by atoms with van der Waals surface area (Å²) >= 11 is 0. The molecule has 0 saturated heterocycles. The summed E-state index contributed by atoms with van der Waals surface area (Å²) in [5.74, 6) is 2.03. The van der Waals surface area contributed by atoms with Gasteiger partial charge in [0.05, 0.1) is 7.11 Å². The second-order valence-corrected chi connectivity index (χ2v) is 4.89. The molecule has 2 aromatic carbocycles. The van der Waals surface area contributed by atoms with Gasteiger partial charge in [-0.25, -0.2) is 9.97 Å². The van der Waals surface area contributed by atoms with E-state index in [0.717, 1.165) is 34.2 Å². The number of nitrogen functional groups attached to an aromatic ring is 1. The highest BCUT2D eigenvalue weighted by atomic mass is 16.5. The average Bonchev–Trinajstić information content (AvgIpc) is 2.53. The minimum Gasteiger partial charge on any atom is -0.497 e. The summed E-state index contributed by atoms with van der Waals surface area (Å²) < 4.78 is 5.24. The van der Waals surface area contributed by atoms with Gasteiger partial charge in [0.2, 0.25) is 0 Å². The molecule has 0 bridgehead atoms. The van der Waals surface area contributed by atoms with Crippen molar-refractivity contribution in [3.63, 3.8) is 0 Å². The number of nitrogens with zero attached hydrogens (tertiary/aromatic N) is 2. The first-order valence-corrected chi connectivity index (χ1v) is 6.91. The van der Waals surface area contributed by atoms with E-state index in [2.05, 4.69) is 23.0 Å². The van der Waals surface area contributed by atoms with Crippen LogP contribution in [-0.2, 0) is 6.42 Å². The number of nitrogens with two attached hydrogens (primary N) is 1. The Hall–Kier alpha value is -2.62. The summed E-state index contributed by atoms with van der Waals surface area (Å²) in [4.78, 5) is 8.88. The normalized spacial score (nSPS) is 10.8. The molecular weight excluding hydrogens is 262 g/mol. The molecule has 0 aliphatic rings. The standard InChI is InChI=1S/C17H17N3O/c1-3-14-10-16(18)20-17(19-14)13-5-4-12-9-15(21-2)7-6-11(12)8-13/h4-10H,3H2,1-2H3,(H2,18,19,20). The number of hydrogen-bond donors (Lipinski definition) is 1. The summed E-state index contributed by atoms with van der Waals surface area (Å²) in [6, 6.07) is 13.9. The maximum atomic E-state index is 5.86. The predicted molar refractivity (Wildman–Crippen MR) is 85.3 cm³/mol. The van der Waals surface area contributed by atoms with Crippen molar-refractivity contribution in [2.45, 2.75) is 13.3 Å². The molecule has 0 unspecified atom stereocenters. The van der Waals surface area contributed by atoms with Crippen molar-refractivity contribution < 1.29 is 4.74 Å². The Bertz CT molecular complexity index is 799. The number of benzene rings is 2. The van der Waals surface area contributed by atoms with Gasteiger partial charge < -0.3 is 10.5 Å². The third-order valence-corrected chi connectivity index (χ3v) is 3.47. The third kappa shape index (κ3) is 2.65. The van der Waals surface area contributed by atoms with Gasteiger partial charge in [0.25, 0.3) is 0 Å². The van der Waals surface area contributed by atoms with E-state index < -0.39 is 0 Å². The maximum absolute atomic E-state index is 5.86. The lowest BCUT2D eigenvalue weighted by molar-refractivity contribution is 0.415. The van der Waals surface area contributed by atoms with E-state index in [1.54, 1.807) is 7.11 Å². The summed E-state index contributed by atoms with van der Waals surface area (Å²) in [6.45, 7) is 2.05. The van der Waals surface area contributed by atoms with Crippen molar-refractivity contribution in [3.05, 3.63) is 48.2 Å². The van der Waals surface area contributed by atoms with Gasteiger partial charge >= 0.3 is 0 Å². The van der Waals surface area contributed by atoms with Crippen LogP contribution in [-0.4, -0.2) is 17.1 Å². The van der Waals surface area contributed by atoms with Crippen molar-refractivity contribution in [2.75, 3.05) is 12.8 Å². The van der Waals surface area contributed by atoms with Gasteiger partial charge in [-0.3, -0.25) is 0 Å². The number of ether oxygens (including phenoxy) is 1. The van der Waals surface area contributed by atoms with E-state index in [9.17, 15) is 0 Å². The van der Waals surface area contributed by atoms with Crippen LogP contribution in [0.15, 0.2) is 42.5 Å². The molecule has 4 nitrogen and oxygen atoms in total. The highest BCUT2D eigenvalue weighted by Gasteiger charge is 2.06. The average molecular weight is 279 g/mol. The summed E-state index contributed by atoms with van der Waals surface area (Å²) in [5.41, 5.74) is 7.77. The van der Waals surface area contributed by atoms with E-state index in [1.165, 1.54) is 0 Å². The van der Waals surface area contributed by atoms with Gasteiger partial charge in [0, 0.05) is 17.3 Å². The Kier molecular flexibility index (Phi) is 3.44. The first-order chi connectivity index (χ1) is 10.2. The maximum Gasteiger partial charge on any atom is 0.161 e. The van der Waals surface area contributed by atoms with Crippen LogP contribution < -0.4 is 10.5 Å². The molecule has 0 amide bonds. The number of rotatable bonds is 3. The van der Waals surface area contributed by atoms with Gasteiger partial charge in [-0.2, -0.15) is 0 Å². The fraction of sp³-hybridized carbons (Fsp3) is 0.176. The van der Waals surface area contributed by atoms with E-state index in [0.29, 0.717) is 11.6 Å². The van der Waals surface area contributed by atoms with Crippen LogP contribution in [0.25, 0.3) is 22.2 Å². The van der Waals surface area contributed by atoms with Crippen molar-refractivity contribution in [1.82, 2.24) is 9.97 Å². The second-order valence-electron chi connectivity index (χ2n) is 4.89. The lowest BCUT2D eigenvalue weighted by atomic mass is 10.1. The molecule has 0 aliphatic carbocycles. The van der Waals surface area contributed by atoms with E-state index >= 15 is 0 Å². The van der Waals surface area contributed by atoms with Crippen LogP contribution in [0.3, 0.4) is 0 Å². The highest BCUT2D eigenvalue weighted by molar-refractivity contribution is 5.87. The highest BCUT2D eigenvalue weighted by Crippen LogP contribution is 2.26. The fourth-order valence-electron chi connectivity index (χ4n) is 2.32. The number of fused-ring (bicyclic) bond motifs is 1. The van der Waals surface area contributed by atoms with E-state index in [1.807, 2.05) is 36.4 Å². The van der Waals surface area contributed by atoms with Crippen LogP contribution in [0.5, 0.6) is 5.75 Å². The zero-order chi connectivity index (χ0) is 14.8. The van der Waals surface area contributed by atoms with Crippen LogP contribution in [0.2, 0.25) is 0 Å². The molecule has 106 valence electrons. The topological polar surface area (TPSA) is 61.0 Å². The summed E-state index contributed by atoms with van der Waals surface area (Å²) in [7, 11) is 1.67. The first kappa shape index (κ1) is 13.4. The minimum atomic E-state index is 0.506. The van der Waals surface area contributed by atoms with Crippen LogP contribution in [0.4, 0.5) is 5.82 Å². The van der Waals surface area contributed by atoms with Crippen LogP contribution in [0, 0.1) is 0 Å². The Morgan fingerprint density at radius 2 is 1.76 bits per heavy atom. The molecular formula is C17H17N3O. The quantitative estimate of drug-likeness (QED) is 0.797. The Morgan fingerprint density at radius 3 is 2.52 bits per heavy atom. The van der Waals surface area contributed by atoms with Crippen LogP contribution >= 0.6 is 0 Å². The Labute approximate surface area is 123 Å². The Morgan fingerprint density at radius 1 is 1.00 bits per heavy atom. The molecule has 3 aromatic rings. The smallest absolute Gasteiger partial charge is 0.161 e. The van der Waals surface area contributed by atoms with E-state index in [4.69, 9.17) is 10.5 Å². The SMILES string of the molecule is CCc1cc(N)nc(-c2ccc3cc(OC)ccc3c2)n1. The largest absolute Gasteiger partial charge is 0.497 e. The van der Waals surface area contributed by atoms with Gasteiger partial charge in [-0.05, 0) is 35.4 Å². The number of hydrogen-bond acceptors (Lipinski definition) is 4. The zero-order valence-electron chi connectivity index (χ0n) is 12.1. The molecule has 0 radical (unpaired) electrons. The van der Waals surface area contributed by atoms with Crippen molar-refractivity contribution >= 4 is 16.6 Å². The van der Waals surface area contributed by atoms with Crippen molar-refractivity contribution in [1.29, 1.82) is 0 Å². The molecule has 0 fully saturated rings. The number of anilines is 1. The minimum absolute atomic E-state index is 0.506. The molecule has 4 heteroatoms. The fourth-order valence-corrected chi connectivity index (χ4v) is 2.32. The number of aromatic nitrogens is 2. The number of methoxy groups -OCH3 is 1. The molecule has 0 spiro atoms. The van der Waals surface area contributed by atoms with E-state index in [-0.39, 0.29) is 0 Å². The summed E-state index contributed by atoms with van der Waals surface area (Å²) in [5, 5.41) is 2.25. The van der Waals surface area contributed by atoms with Gasteiger partial charge in [0.1, 0.15) is 11.6 Å². The third-order valence-electron chi connectivity index (χ3n) is 3.47. The van der Waals surface area contributed by atoms with Gasteiger partial charge in [-0.1, -0.05) is 25.1 Å². The van der Waals surface area contributed by atoms with Crippen LogP contribution in [0.1, 0.15) is 12.6 Å². The Balaban J connectivity index is 2.10. The van der Waals surface area contributed by atoms with Crippen molar-refractivity contribution in [3.8, 4) is 17.1 Å². The molecule has 2 N–H and O–H groups in total. The van der Waals surface area contributed by atoms with Gasteiger partial charge in [0.15, 0.2) is 5.82 Å². The molecule has 21 heavy (non-hydrogen) atoms. The predicted octanol–water partition coefficient (Wildman–Crippen LogP) is 3.45. The summed E-state index contributed by atoms with van der Waals surface area (Å²) in [6.07, 6.45) is 0.838. The molecule has 0 saturated carbocycles. The molecule has 3 rings (SSSR count). The molecule has 0 aliphatic heterocycles.